The molecular formula is C28H25FN2O4S. The van der Waals surface area contributed by atoms with Crippen molar-refractivity contribution in [1.82, 2.24) is 9.21 Å². The number of benzene rings is 3. The second-order valence-corrected chi connectivity index (χ2v) is 11.0. The number of hydrogen-bond donors (Lipinski definition) is 1. The van der Waals surface area contributed by atoms with Crippen LogP contribution in [0.2, 0.25) is 0 Å². The molecular weight excluding hydrogens is 479 g/mol. The molecule has 2 saturated heterocycles. The maximum Gasteiger partial charge on any atom is 0.238 e. The standard InChI is InChI=1S/C28H25FN2O4S/c29-24-8-4-7-21(15-24)10-9-20-11-13-23(14-12-20)28-25-16-30(17-27(33)31(25)26(28)18-32)36(34,35)19-22-5-2-1-3-6-22/h1-8,11-15,25-26,28,32H,16-19H2/t25-,26+,28-/m1/s1. The number of aliphatic hydroxyl groups excluding tert-OH is 1. The summed E-state index contributed by atoms with van der Waals surface area (Å²) in [4.78, 5) is 14.5. The van der Waals surface area contributed by atoms with Crippen molar-refractivity contribution in [3.05, 3.63) is 107 Å². The molecule has 0 unspecified atom stereocenters. The average Bonchev–Trinajstić information content (AvgIpc) is 2.85. The maximum atomic E-state index is 13.4. The maximum absolute atomic E-state index is 13.4. The van der Waals surface area contributed by atoms with Crippen LogP contribution in [0.4, 0.5) is 4.39 Å². The molecule has 1 amide bonds. The molecule has 0 radical (unpaired) electrons. The number of halogens is 1. The van der Waals surface area contributed by atoms with Gasteiger partial charge in [-0.1, -0.05) is 60.4 Å². The first-order chi connectivity index (χ1) is 17.4. The molecule has 1 N–H and O–H groups in total. The van der Waals surface area contributed by atoms with Crippen molar-refractivity contribution in [3.8, 4) is 11.8 Å². The Kier molecular flexibility index (Phi) is 6.63. The number of sulfonamides is 1. The van der Waals surface area contributed by atoms with Crippen LogP contribution in [0.3, 0.4) is 0 Å². The lowest BCUT2D eigenvalue weighted by molar-refractivity contribution is -0.158. The molecule has 2 aliphatic heterocycles. The minimum atomic E-state index is -3.69. The molecule has 2 heterocycles. The Labute approximate surface area is 210 Å². The van der Waals surface area contributed by atoms with E-state index in [1.54, 1.807) is 41.3 Å². The number of amides is 1. The fourth-order valence-corrected chi connectivity index (χ4v) is 6.54. The Bertz CT molecular complexity index is 1430. The zero-order valence-electron chi connectivity index (χ0n) is 19.4. The number of rotatable bonds is 5. The van der Waals surface area contributed by atoms with Crippen molar-refractivity contribution in [2.24, 2.45) is 0 Å². The van der Waals surface area contributed by atoms with Crippen LogP contribution < -0.4 is 0 Å². The number of fused-ring (bicyclic) bond motifs is 1. The van der Waals surface area contributed by atoms with E-state index < -0.39 is 16.1 Å². The zero-order valence-corrected chi connectivity index (χ0v) is 20.2. The van der Waals surface area contributed by atoms with E-state index in [1.807, 2.05) is 30.3 Å². The van der Waals surface area contributed by atoms with Crippen molar-refractivity contribution in [2.45, 2.75) is 23.8 Å². The van der Waals surface area contributed by atoms with Crippen molar-refractivity contribution < 1.29 is 22.7 Å². The highest BCUT2D eigenvalue weighted by Gasteiger charge is 2.55. The van der Waals surface area contributed by atoms with Gasteiger partial charge in [-0.05, 0) is 41.5 Å². The molecule has 8 heteroatoms. The molecule has 6 nitrogen and oxygen atoms in total. The normalized spacial score (nSPS) is 21.8. The Balaban J connectivity index is 1.34. The Hall–Kier alpha value is -3.51. The third kappa shape index (κ3) is 4.78. The van der Waals surface area contributed by atoms with Gasteiger partial charge in [0.2, 0.25) is 15.9 Å². The van der Waals surface area contributed by atoms with Gasteiger partial charge in [0.1, 0.15) is 5.82 Å². The predicted molar refractivity (Wildman–Crippen MR) is 134 cm³/mol. The first-order valence-electron chi connectivity index (χ1n) is 11.7. The highest BCUT2D eigenvalue weighted by molar-refractivity contribution is 7.88. The summed E-state index contributed by atoms with van der Waals surface area (Å²) in [6, 6.07) is 21.7. The average molecular weight is 505 g/mol. The molecule has 2 aliphatic rings. The van der Waals surface area contributed by atoms with Gasteiger partial charge < -0.3 is 10.0 Å². The molecule has 3 aromatic rings. The quantitative estimate of drug-likeness (QED) is 0.542. The third-order valence-corrected chi connectivity index (χ3v) is 8.54. The lowest BCUT2D eigenvalue weighted by Crippen LogP contribution is -2.73. The van der Waals surface area contributed by atoms with Crippen LogP contribution in [0.5, 0.6) is 0 Å². The minimum absolute atomic E-state index is 0.166. The first-order valence-corrected chi connectivity index (χ1v) is 13.3. The van der Waals surface area contributed by atoms with Crippen LogP contribution in [-0.2, 0) is 20.6 Å². The summed E-state index contributed by atoms with van der Waals surface area (Å²) < 4.78 is 40.8. The van der Waals surface area contributed by atoms with Crippen molar-refractivity contribution >= 4 is 15.9 Å². The van der Waals surface area contributed by atoms with Gasteiger partial charge >= 0.3 is 0 Å². The van der Waals surface area contributed by atoms with E-state index in [0.29, 0.717) is 11.1 Å². The van der Waals surface area contributed by atoms with Gasteiger partial charge in [-0.2, -0.15) is 4.31 Å². The minimum Gasteiger partial charge on any atom is -0.394 e. The van der Waals surface area contributed by atoms with Gasteiger partial charge in [0.05, 0.1) is 31.0 Å². The molecule has 0 spiro atoms. The van der Waals surface area contributed by atoms with Crippen molar-refractivity contribution in [1.29, 1.82) is 0 Å². The Morgan fingerprint density at radius 1 is 0.944 bits per heavy atom. The monoisotopic (exact) mass is 504 g/mol. The van der Waals surface area contributed by atoms with Crippen LogP contribution in [0, 0.1) is 17.7 Å². The van der Waals surface area contributed by atoms with Crippen LogP contribution in [0.25, 0.3) is 0 Å². The van der Waals surface area contributed by atoms with E-state index in [-0.39, 0.29) is 49.1 Å². The lowest BCUT2D eigenvalue weighted by Gasteiger charge is -2.58. The van der Waals surface area contributed by atoms with E-state index in [9.17, 15) is 22.7 Å². The highest BCUT2D eigenvalue weighted by atomic mass is 32.2. The Morgan fingerprint density at radius 3 is 2.36 bits per heavy atom. The molecule has 0 saturated carbocycles. The summed E-state index contributed by atoms with van der Waals surface area (Å²) >= 11 is 0. The van der Waals surface area contributed by atoms with Crippen molar-refractivity contribution in [3.63, 3.8) is 0 Å². The molecule has 3 atom stereocenters. The summed E-state index contributed by atoms with van der Waals surface area (Å²) in [5, 5.41) is 10.0. The molecule has 0 aromatic heterocycles. The second-order valence-electron chi connectivity index (χ2n) is 9.06. The van der Waals surface area contributed by atoms with E-state index in [1.165, 1.54) is 16.4 Å². The molecule has 0 bridgehead atoms. The number of aliphatic hydroxyl groups is 1. The SMILES string of the molecule is O=C1CN(S(=O)(=O)Cc2ccccc2)C[C@@H]2[C@@H](c3ccc(C#Cc4cccc(F)c4)cc3)[C@H](CO)N12. The summed E-state index contributed by atoms with van der Waals surface area (Å²) in [7, 11) is -3.69. The van der Waals surface area contributed by atoms with Gasteiger partial charge in [-0.3, -0.25) is 4.79 Å². The van der Waals surface area contributed by atoms with Gasteiger partial charge in [0.15, 0.2) is 0 Å². The van der Waals surface area contributed by atoms with E-state index in [0.717, 1.165) is 11.1 Å². The van der Waals surface area contributed by atoms with E-state index >= 15 is 0 Å². The Morgan fingerprint density at radius 2 is 1.67 bits per heavy atom. The molecule has 184 valence electrons. The third-order valence-electron chi connectivity index (χ3n) is 6.78. The smallest absolute Gasteiger partial charge is 0.238 e. The number of nitrogens with zero attached hydrogens (tertiary/aromatic N) is 2. The van der Waals surface area contributed by atoms with Crippen LogP contribution in [0.15, 0.2) is 78.9 Å². The van der Waals surface area contributed by atoms with Gasteiger partial charge in [0, 0.05) is 23.6 Å². The largest absolute Gasteiger partial charge is 0.394 e. The topological polar surface area (TPSA) is 77.9 Å². The molecule has 36 heavy (non-hydrogen) atoms. The lowest BCUT2D eigenvalue weighted by atomic mass is 9.74. The number of piperazine rings is 1. The molecule has 5 rings (SSSR count). The van der Waals surface area contributed by atoms with Gasteiger partial charge in [0.25, 0.3) is 0 Å². The predicted octanol–water partition coefficient (Wildman–Crippen LogP) is 2.73. The summed E-state index contributed by atoms with van der Waals surface area (Å²) in [5.41, 5.74) is 2.89. The molecule has 3 aromatic carbocycles. The summed E-state index contributed by atoms with van der Waals surface area (Å²) in [5.74, 6) is 4.95. The summed E-state index contributed by atoms with van der Waals surface area (Å²) in [6.07, 6.45) is 0. The van der Waals surface area contributed by atoms with E-state index in [2.05, 4.69) is 11.8 Å². The molecule has 0 aliphatic carbocycles. The van der Waals surface area contributed by atoms with E-state index in [4.69, 9.17) is 0 Å². The van der Waals surface area contributed by atoms with Crippen LogP contribution >= 0.6 is 0 Å². The zero-order chi connectivity index (χ0) is 25.3. The molecule has 2 fully saturated rings. The number of carbonyl (C=O) groups is 1. The fourth-order valence-electron chi connectivity index (χ4n) is 5.06. The summed E-state index contributed by atoms with van der Waals surface area (Å²) in [6.45, 7) is -0.239. The van der Waals surface area contributed by atoms with Crippen LogP contribution in [0.1, 0.15) is 28.2 Å². The van der Waals surface area contributed by atoms with Gasteiger partial charge in [-0.25, -0.2) is 12.8 Å². The van der Waals surface area contributed by atoms with Crippen LogP contribution in [-0.4, -0.2) is 60.4 Å². The first kappa shape index (κ1) is 24.2. The highest BCUT2D eigenvalue weighted by Crippen LogP contribution is 2.43. The number of carbonyl (C=O) groups excluding carboxylic acids is 1. The van der Waals surface area contributed by atoms with Crippen molar-refractivity contribution in [2.75, 3.05) is 19.7 Å². The second kappa shape index (κ2) is 9.86. The fraction of sp³-hybridized carbons (Fsp3) is 0.250. The van der Waals surface area contributed by atoms with Gasteiger partial charge in [-0.15, -0.1) is 0 Å². The number of hydrogen-bond acceptors (Lipinski definition) is 4.